The van der Waals surface area contributed by atoms with E-state index in [1.165, 1.54) is 12.1 Å². The second-order valence-electron chi connectivity index (χ2n) is 5.08. The van der Waals surface area contributed by atoms with Gasteiger partial charge < -0.3 is 4.57 Å². The third kappa shape index (κ3) is 3.27. The minimum absolute atomic E-state index is 0.0954. The normalized spacial score (nSPS) is 15.2. The molecular weight excluding hydrogens is 347 g/mol. The molecule has 1 fully saturated rings. The average Bonchev–Trinajstić information content (AvgIpc) is 3.18. The third-order valence-electron chi connectivity index (χ3n) is 3.42. The maximum Gasteiger partial charge on any atom is 0.243 e. The molecule has 1 heterocycles. The van der Waals surface area contributed by atoms with Crippen LogP contribution >= 0.6 is 23.2 Å². The van der Waals surface area contributed by atoms with Crippen molar-refractivity contribution >= 4 is 33.2 Å². The van der Waals surface area contributed by atoms with Crippen LogP contribution in [0.2, 0.25) is 10.0 Å². The van der Waals surface area contributed by atoms with Gasteiger partial charge in [0.25, 0.3) is 0 Å². The van der Waals surface area contributed by atoms with Gasteiger partial charge in [-0.1, -0.05) is 29.3 Å². The predicted octanol–water partition coefficient (Wildman–Crippen LogP) is 2.44. The fourth-order valence-electron chi connectivity index (χ4n) is 2.21. The molecule has 1 aliphatic rings. The first-order chi connectivity index (χ1) is 10.5. The van der Waals surface area contributed by atoms with Gasteiger partial charge in [0.1, 0.15) is 17.0 Å². The Morgan fingerprint density at radius 1 is 1.27 bits per heavy atom. The Balaban J connectivity index is 1.69. The SMILES string of the molecule is O=S(=O)(NCCc1nncn1C1CC1)c1c(Cl)cccc1Cl. The standard InChI is InChI=1S/C13H14Cl2N4O2S/c14-10-2-1-3-11(15)13(10)22(20,21)17-7-6-12-18-16-8-19(12)9-4-5-9/h1-3,8-9,17H,4-7H2. The summed E-state index contributed by atoms with van der Waals surface area (Å²) in [5, 5.41) is 8.11. The van der Waals surface area contributed by atoms with Gasteiger partial charge in [0.15, 0.2) is 0 Å². The lowest BCUT2D eigenvalue weighted by Crippen LogP contribution is -2.27. The van der Waals surface area contributed by atoms with Gasteiger partial charge in [-0.05, 0) is 25.0 Å². The molecule has 0 spiro atoms. The highest BCUT2D eigenvalue weighted by atomic mass is 35.5. The Kier molecular flexibility index (Phi) is 4.40. The molecule has 0 saturated heterocycles. The number of hydrogen-bond donors (Lipinski definition) is 1. The van der Waals surface area contributed by atoms with Gasteiger partial charge in [-0.2, -0.15) is 0 Å². The summed E-state index contributed by atoms with van der Waals surface area (Å²) in [6.45, 7) is 0.204. The summed E-state index contributed by atoms with van der Waals surface area (Å²) in [4.78, 5) is -0.0954. The van der Waals surface area contributed by atoms with Crippen molar-refractivity contribution in [2.45, 2.75) is 30.2 Å². The first-order valence-corrected chi connectivity index (χ1v) is 9.05. The molecule has 0 aliphatic heterocycles. The number of rotatable bonds is 6. The number of sulfonamides is 1. The number of aromatic nitrogens is 3. The van der Waals surface area contributed by atoms with Crippen LogP contribution in [0.1, 0.15) is 24.7 Å². The molecule has 0 unspecified atom stereocenters. The molecule has 9 heteroatoms. The lowest BCUT2D eigenvalue weighted by atomic mass is 10.4. The molecule has 1 aromatic carbocycles. The number of benzene rings is 1. The lowest BCUT2D eigenvalue weighted by Gasteiger charge is -2.10. The van der Waals surface area contributed by atoms with E-state index in [0.717, 1.165) is 18.7 Å². The molecule has 0 bridgehead atoms. The zero-order valence-electron chi connectivity index (χ0n) is 11.5. The van der Waals surface area contributed by atoms with E-state index < -0.39 is 10.0 Å². The molecular formula is C13H14Cl2N4O2S. The zero-order chi connectivity index (χ0) is 15.7. The Hall–Kier alpha value is -1.15. The molecule has 0 atom stereocenters. The maximum atomic E-state index is 12.3. The molecule has 0 radical (unpaired) electrons. The zero-order valence-corrected chi connectivity index (χ0v) is 13.9. The Bertz CT molecular complexity index is 767. The molecule has 1 saturated carbocycles. The van der Waals surface area contributed by atoms with Crippen LogP contribution in [-0.4, -0.2) is 29.7 Å². The number of nitrogens with zero attached hydrogens (tertiary/aromatic N) is 3. The van der Waals surface area contributed by atoms with E-state index in [2.05, 4.69) is 14.9 Å². The van der Waals surface area contributed by atoms with Crippen molar-refractivity contribution < 1.29 is 8.42 Å². The van der Waals surface area contributed by atoms with E-state index in [4.69, 9.17) is 23.2 Å². The van der Waals surface area contributed by atoms with Crippen LogP contribution in [0.25, 0.3) is 0 Å². The lowest BCUT2D eigenvalue weighted by molar-refractivity contribution is 0.578. The highest BCUT2D eigenvalue weighted by molar-refractivity contribution is 7.89. The van der Waals surface area contributed by atoms with Crippen molar-refractivity contribution in [3.8, 4) is 0 Å². The fraction of sp³-hybridized carbons (Fsp3) is 0.385. The van der Waals surface area contributed by atoms with Crippen LogP contribution in [0.15, 0.2) is 29.4 Å². The molecule has 2 aromatic rings. The first-order valence-electron chi connectivity index (χ1n) is 6.81. The van der Waals surface area contributed by atoms with Gasteiger partial charge in [-0.15, -0.1) is 10.2 Å². The second kappa shape index (κ2) is 6.16. The Morgan fingerprint density at radius 3 is 2.59 bits per heavy atom. The Labute approximate surface area is 138 Å². The van der Waals surface area contributed by atoms with E-state index in [9.17, 15) is 8.42 Å². The van der Waals surface area contributed by atoms with E-state index in [1.807, 2.05) is 4.57 Å². The summed E-state index contributed by atoms with van der Waals surface area (Å²) in [6, 6.07) is 5.04. The van der Waals surface area contributed by atoms with Crippen LogP contribution in [0.5, 0.6) is 0 Å². The molecule has 3 rings (SSSR count). The molecule has 1 aromatic heterocycles. The van der Waals surface area contributed by atoms with Crippen LogP contribution < -0.4 is 4.72 Å². The summed E-state index contributed by atoms with van der Waals surface area (Å²) in [5.41, 5.74) is 0. The Morgan fingerprint density at radius 2 is 1.95 bits per heavy atom. The van der Waals surface area contributed by atoms with E-state index in [-0.39, 0.29) is 21.5 Å². The predicted molar refractivity (Wildman–Crippen MR) is 83.6 cm³/mol. The molecule has 6 nitrogen and oxygen atoms in total. The number of hydrogen-bond acceptors (Lipinski definition) is 4. The van der Waals surface area contributed by atoms with Crippen LogP contribution in [0.4, 0.5) is 0 Å². The summed E-state index contributed by atoms with van der Waals surface area (Å²) in [6.07, 6.45) is 4.38. The van der Waals surface area contributed by atoms with Crippen molar-refractivity contribution in [1.82, 2.24) is 19.5 Å². The molecule has 0 amide bonds. The van der Waals surface area contributed by atoms with Crippen LogP contribution in [0.3, 0.4) is 0 Å². The molecule has 118 valence electrons. The van der Waals surface area contributed by atoms with E-state index in [1.54, 1.807) is 12.4 Å². The van der Waals surface area contributed by atoms with Crippen molar-refractivity contribution in [1.29, 1.82) is 0 Å². The average molecular weight is 361 g/mol. The van der Waals surface area contributed by atoms with Crippen molar-refractivity contribution in [2.24, 2.45) is 0 Å². The highest BCUT2D eigenvalue weighted by Gasteiger charge is 2.26. The minimum Gasteiger partial charge on any atom is -0.314 e. The molecule has 22 heavy (non-hydrogen) atoms. The van der Waals surface area contributed by atoms with Gasteiger partial charge in [0.2, 0.25) is 10.0 Å². The van der Waals surface area contributed by atoms with Gasteiger partial charge in [-0.3, -0.25) is 0 Å². The topological polar surface area (TPSA) is 76.9 Å². The van der Waals surface area contributed by atoms with Crippen LogP contribution in [-0.2, 0) is 16.4 Å². The van der Waals surface area contributed by atoms with E-state index in [0.29, 0.717) is 12.5 Å². The smallest absolute Gasteiger partial charge is 0.243 e. The van der Waals surface area contributed by atoms with Crippen molar-refractivity contribution in [3.63, 3.8) is 0 Å². The summed E-state index contributed by atoms with van der Waals surface area (Å²) >= 11 is 11.9. The second-order valence-corrected chi connectivity index (χ2v) is 7.60. The van der Waals surface area contributed by atoms with Gasteiger partial charge >= 0.3 is 0 Å². The van der Waals surface area contributed by atoms with E-state index >= 15 is 0 Å². The maximum absolute atomic E-state index is 12.3. The monoisotopic (exact) mass is 360 g/mol. The summed E-state index contributed by atoms with van der Waals surface area (Å²) in [5.74, 6) is 0.774. The summed E-state index contributed by atoms with van der Waals surface area (Å²) < 4.78 is 29.1. The number of halogens is 2. The quantitative estimate of drug-likeness (QED) is 0.857. The first kappa shape index (κ1) is 15.7. The summed E-state index contributed by atoms with van der Waals surface area (Å²) in [7, 11) is -3.76. The van der Waals surface area contributed by atoms with Crippen LogP contribution in [0, 0.1) is 0 Å². The van der Waals surface area contributed by atoms with Gasteiger partial charge in [0.05, 0.1) is 10.0 Å². The van der Waals surface area contributed by atoms with Gasteiger partial charge in [0, 0.05) is 19.0 Å². The van der Waals surface area contributed by atoms with Crippen molar-refractivity contribution in [2.75, 3.05) is 6.54 Å². The molecule has 1 N–H and O–H groups in total. The molecule has 1 aliphatic carbocycles. The highest BCUT2D eigenvalue weighted by Crippen LogP contribution is 2.35. The minimum atomic E-state index is -3.76. The third-order valence-corrected chi connectivity index (χ3v) is 5.83. The largest absolute Gasteiger partial charge is 0.314 e. The number of nitrogens with one attached hydrogen (secondary N) is 1. The fourth-order valence-corrected chi connectivity index (χ4v) is 4.38. The van der Waals surface area contributed by atoms with Crippen molar-refractivity contribution in [3.05, 3.63) is 40.4 Å². The van der Waals surface area contributed by atoms with Gasteiger partial charge in [-0.25, -0.2) is 13.1 Å².